The first-order valence-corrected chi connectivity index (χ1v) is 9.08. The van der Waals surface area contributed by atoms with E-state index < -0.39 is 6.10 Å². The molecule has 1 fully saturated rings. The highest BCUT2D eigenvalue weighted by molar-refractivity contribution is 6.30. The second-order valence-electron chi connectivity index (χ2n) is 6.47. The lowest BCUT2D eigenvalue weighted by molar-refractivity contribution is -0.142. The second-order valence-corrected chi connectivity index (χ2v) is 6.91. The molecule has 1 aromatic rings. The molecule has 0 unspecified atom stereocenters. The number of amides is 2. The Morgan fingerprint density at radius 1 is 1.08 bits per heavy atom. The molecule has 1 heterocycles. The number of aliphatic hydroxyl groups is 1. The Kier molecular flexibility index (Phi) is 6.29. The normalized spacial score (nSPS) is 23.2. The summed E-state index contributed by atoms with van der Waals surface area (Å²) in [6.45, 7) is 0.625. The van der Waals surface area contributed by atoms with E-state index in [-0.39, 0.29) is 43.4 Å². The maximum Gasteiger partial charge on any atom is 0.233 e. The Morgan fingerprint density at radius 3 is 2.31 bits per heavy atom. The van der Waals surface area contributed by atoms with Crippen molar-refractivity contribution in [3.8, 4) is 5.75 Å². The lowest BCUT2D eigenvalue weighted by atomic mass is 9.85. The number of carbonyl (C=O) groups is 2. The van der Waals surface area contributed by atoms with E-state index in [0.29, 0.717) is 30.2 Å². The minimum Gasteiger partial charge on any atom is -0.491 e. The molecule has 0 bridgehead atoms. The highest BCUT2D eigenvalue weighted by Gasteiger charge is 2.47. The summed E-state index contributed by atoms with van der Waals surface area (Å²) in [5.74, 6) is -0.228. The van der Waals surface area contributed by atoms with Gasteiger partial charge in [-0.05, 0) is 37.1 Å². The zero-order valence-electron chi connectivity index (χ0n) is 14.3. The van der Waals surface area contributed by atoms with E-state index in [1.54, 1.807) is 24.3 Å². The molecule has 0 aromatic heterocycles. The molecular formula is C19H22ClNO5. The van der Waals surface area contributed by atoms with E-state index in [1.165, 1.54) is 4.90 Å². The largest absolute Gasteiger partial charge is 0.491 e. The molecule has 3 rings (SSSR count). The van der Waals surface area contributed by atoms with Crippen LogP contribution in [0.2, 0.25) is 5.02 Å². The number of β-amino-alcohol motifs (C(OH)–C–C–N with tert-alkyl or cyclic N) is 1. The summed E-state index contributed by atoms with van der Waals surface area (Å²) in [6, 6.07) is 6.99. The van der Waals surface area contributed by atoms with Gasteiger partial charge in [-0.25, -0.2) is 0 Å². The molecule has 1 aliphatic heterocycles. The fourth-order valence-electron chi connectivity index (χ4n) is 3.28. The van der Waals surface area contributed by atoms with Crippen molar-refractivity contribution in [3.63, 3.8) is 0 Å². The van der Waals surface area contributed by atoms with Gasteiger partial charge in [-0.2, -0.15) is 0 Å². The number of carbonyl (C=O) groups excluding carboxylic acids is 2. The molecule has 0 spiro atoms. The van der Waals surface area contributed by atoms with Gasteiger partial charge in [0.15, 0.2) is 0 Å². The molecule has 0 saturated carbocycles. The van der Waals surface area contributed by atoms with Crippen molar-refractivity contribution in [2.45, 2.75) is 18.9 Å². The lowest BCUT2D eigenvalue weighted by Gasteiger charge is -2.19. The quantitative estimate of drug-likeness (QED) is 0.425. The highest BCUT2D eigenvalue weighted by Crippen LogP contribution is 2.35. The molecule has 26 heavy (non-hydrogen) atoms. The molecule has 1 aromatic carbocycles. The smallest absolute Gasteiger partial charge is 0.233 e. The summed E-state index contributed by atoms with van der Waals surface area (Å²) in [5, 5.41) is 10.7. The van der Waals surface area contributed by atoms with Crippen LogP contribution in [-0.2, 0) is 14.3 Å². The highest BCUT2D eigenvalue weighted by atomic mass is 35.5. The number of rotatable bonds is 8. The number of benzene rings is 1. The van der Waals surface area contributed by atoms with Gasteiger partial charge in [0.25, 0.3) is 0 Å². The minimum absolute atomic E-state index is 0.0251. The van der Waals surface area contributed by atoms with Crippen molar-refractivity contribution in [1.82, 2.24) is 4.90 Å². The third-order valence-electron chi connectivity index (χ3n) is 4.61. The Bertz CT molecular complexity index is 649. The van der Waals surface area contributed by atoms with Crippen molar-refractivity contribution in [2.75, 3.05) is 26.4 Å². The Hall–Kier alpha value is -1.89. The Morgan fingerprint density at radius 2 is 1.69 bits per heavy atom. The number of fused-ring (bicyclic) bond motifs is 1. The van der Waals surface area contributed by atoms with Crippen LogP contribution in [0.25, 0.3) is 0 Å². The van der Waals surface area contributed by atoms with Gasteiger partial charge < -0.3 is 14.6 Å². The van der Waals surface area contributed by atoms with Crippen LogP contribution in [0.3, 0.4) is 0 Å². The molecule has 0 radical (unpaired) electrons. The maximum atomic E-state index is 12.3. The number of hydrogen-bond acceptors (Lipinski definition) is 5. The lowest BCUT2D eigenvalue weighted by Crippen LogP contribution is -2.39. The first-order chi connectivity index (χ1) is 12.6. The molecule has 1 N–H and O–H groups in total. The second kappa shape index (κ2) is 8.66. The minimum atomic E-state index is -0.911. The van der Waals surface area contributed by atoms with Gasteiger partial charge in [-0.1, -0.05) is 23.8 Å². The van der Waals surface area contributed by atoms with Crippen LogP contribution in [0.1, 0.15) is 12.8 Å². The van der Waals surface area contributed by atoms with Crippen molar-refractivity contribution in [1.29, 1.82) is 0 Å². The fourth-order valence-corrected chi connectivity index (χ4v) is 3.41. The third-order valence-corrected chi connectivity index (χ3v) is 4.86. The van der Waals surface area contributed by atoms with Crippen LogP contribution in [-0.4, -0.2) is 54.3 Å². The summed E-state index contributed by atoms with van der Waals surface area (Å²) in [4.78, 5) is 25.8. The van der Waals surface area contributed by atoms with Crippen LogP contribution in [0.15, 0.2) is 36.4 Å². The van der Waals surface area contributed by atoms with Gasteiger partial charge in [-0.15, -0.1) is 0 Å². The van der Waals surface area contributed by atoms with Crippen molar-refractivity contribution >= 4 is 23.4 Å². The number of aliphatic hydroxyl groups excluding tert-OH is 1. The standard InChI is InChI=1S/C19H22ClNO5/c20-13-5-7-15(8-6-13)26-10-9-25-12-14(22)11-21-18(23)16-3-1-2-4-17(16)19(21)24/h1-2,5-8,14,16-17,22H,3-4,9-12H2/t14-,16-,17+/m1/s1. The van der Waals surface area contributed by atoms with E-state index in [9.17, 15) is 14.7 Å². The number of nitrogens with zero attached hydrogens (tertiary/aromatic N) is 1. The van der Waals surface area contributed by atoms with Gasteiger partial charge in [0.2, 0.25) is 11.8 Å². The molecule has 1 aliphatic carbocycles. The Labute approximate surface area is 157 Å². The molecule has 2 amide bonds. The average Bonchev–Trinajstić information content (AvgIpc) is 2.88. The fraction of sp³-hybridized carbons (Fsp3) is 0.474. The Balaban J connectivity index is 1.36. The van der Waals surface area contributed by atoms with Gasteiger partial charge >= 0.3 is 0 Å². The summed E-state index contributed by atoms with van der Waals surface area (Å²) in [7, 11) is 0. The van der Waals surface area contributed by atoms with E-state index in [2.05, 4.69) is 0 Å². The van der Waals surface area contributed by atoms with Gasteiger partial charge in [-0.3, -0.25) is 14.5 Å². The van der Waals surface area contributed by atoms with E-state index >= 15 is 0 Å². The van der Waals surface area contributed by atoms with Crippen molar-refractivity contribution in [2.24, 2.45) is 11.8 Å². The maximum absolute atomic E-state index is 12.3. The molecule has 140 valence electrons. The van der Waals surface area contributed by atoms with Crippen LogP contribution < -0.4 is 4.74 Å². The number of ether oxygens (including phenoxy) is 2. The summed E-state index contributed by atoms with van der Waals surface area (Å²) >= 11 is 5.80. The molecule has 2 aliphatic rings. The van der Waals surface area contributed by atoms with E-state index in [4.69, 9.17) is 21.1 Å². The molecular weight excluding hydrogens is 358 g/mol. The summed E-state index contributed by atoms with van der Waals surface area (Å²) in [5.41, 5.74) is 0. The zero-order chi connectivity index (χ0) is 18.5. The number of likely N-dealkylation sites (tertiary alicyclic amines) is 1. The molecule has 6 nitrogen and oxygen atoms in total. The number of halogens is 1. The average molecular weight is 380 g/mol. The zero-order valence-corrected chi connectivity index (χ0v) is 15.1. The van der Waals surface area contributed by atoms with Gasteiger partial charge in [0.05, 0.1) is 37.7 Å². The van der Waals surface area contributed by atoms with Crippen LogP contribution in [0.5, 0.6) is 5.75 Å². The number of hydrogen-bond donors (Lipinski definition) is 1. The van der Waals surface area contributed by atoms with Gasteiger partial charge in [0.1, 0.15) is 12.4 Å². The van der Waals surface area contributed by atoms with Crippen LogP contribution in [0, 0.1) is 11.8 Å². The first kappa shape index (κ1) is 18.9. The van der Waals surface area contributed by atoms with Crippen LogP contribution in [0.4, 0.5) is 0 Å². The SMILES string of the molecule is O=C1[C@H]2CC=CC[C@H]2C(=O)N1C[C@@H](O)COCCOc1ccc(Cl)cc1. The molecule has 7 heteroatoms. The van der Waals surface area contributed by atoms with Crippen LogP contribution >= 0.6 is 11.6 Å². The first-order valence-electron chi connectivity index (χ1n) is 8.70. The predicted octanol–water partition coefficient (Wildman–Crippen LogP) is 2.05. The number of allylic oxidation sites excluding steroid dienone is 2. The molecule has 3 atom stereocenters. The predicted molar refractivity (Wildman–Crippen MR) is 95.8 cm³/mol. The van der Waals surface area contributed by atoms with E-state index in [1.807, 2.05) is 12.2 Å². The van der Waals surface area contributed by atoms with Crippen molar-refractivity contribution in [3.05, 3.63) is 41.4 Å². The van der Waals surface area contributed by atoms with Gasteiger partial charge in [0, 0.05) is 5.02 Å². The van der Waals surface area contributed by atoms with Crippen molar-refractivity contribution < 1.29 is 24.2 Å². The summed E-state index contributed by atoms with van der Waals surface area (Å²) in [6.07, 6.45) is 4.17. The monoisotopic (exact) mass is 379 g/mol. The van der Waals surface area contributed by atoms with E-state index in [0.717, 1.165) is 0 Å². The topological polar surface area (TPSA) is 76.1 Å². The summed E-state index contributed by atoms with van der Waals surface area (Å²) < 4.78 is 10.9. The molecule has 1 saturated heterocycles. The number of imide groups is 1. The third kappa shape index (κ3) is 4.44.